The second-order valence-corrected chi connectivity index (χ2v) is 16.9. The van der Waals surface area contributed by atoms with Gasteiger partial charge in [-0.3, -0.25) is 9.69 Å². The van der Waals surface area contributed by atoms with E-state index in [2.05, 4.69) is 47.7 Å². The molecule has 14 heteroatoms. The summed E-state index contributed by atoms with van der Waals surface area (Å²) in [6, 6.07) is 18.9. The van der Waals surface area contributed by atoms with Crippen molar-refractivity contribution in [1.29, 1.82) is 0 Å². The molecule has 0 unspecified atom stereocenters. The molecule has 2 aliphatic heterocycles. The maximum Gasteiger partial charge on any atom is 0.259 e. The van der Waals surface area contributed by atoms with Crippen LogP contribution in [0.4, 0.5) is 34.5 Å². The second-order valence-electron chi connectivity index (χ2n) is 13.3. The number of anilines is 6. The number of carbonyl (C=O) groups excluding carboxylic acids is 1. The Hall–Kier alpha value is -4.35. The van der Waals surface area contributed by atoms with Crippen molar-refractivity contribution in [2.75, 3.05) is 94.7 Å². The molecule has 51 heavy (non-hydrogen) atoms. The van der Waals surface area contributed by atoms with Gasteiger partial charge >= 0.3 is 0 Å². The second kappa shape index (κ2) is 15.9. The van der Waals surface area contributed by atoms with Gasteiger partial charge in [0.25, 0.3) is 5.91 Å². The molecule has 3 N–H and O–H groups in total. The number of para-hydroxylation sites is 2. The van der Waals surface area contributed by atoms with Gasteiger partial charge in [-0.25, -0.2) is 4.98 Å². The van der Waals surface area contributed by atoms with Gasteiger partial charge in [0, 0.05) is 56.7 Å². The van der Waals surface area contributed by atoms with Crippen molar-refractivity contribution < 1.29 is 18.8 Å². The number of ether oxygens (including phenoxy) is 2. The lowest BCUT2D eigenvalue weighted by atomic mass is 10.0. The Morgan fingerprint density at radius 1 is 0.863 bits per heavy atom. The Balaban J connectivity index is 1.30. The highest BCUT2D eigenvalue weighted by atomic mass is 35.5. The number of nitrogens with one attached hydrogen (secondary N) is 3. The van der Waals surface area contributed by atoms with Gasteiger partial charge < -0.3 is 39.8 Å². The van der Waals surface area contributed by atoms with Crippen molar-refractivity contribution in [2.24, 2.45) is 0 Å². The van der Waals surface area contributed by atoms with Gasteiger partial charge in [0.2, 0.25) is 5.95 Å². The molecule has 0 aliphatic carbocycles. The Morgan fingerprint density at radius 3 is 2.25 bits per heavy atom. The zero-order chi connectivity index (χ0) is 36.1. The summed E-state index contributed by atoms with van der Waals surface area (Å²) in [6.45, 7) is 9.47. The summed E-state index contributed by atoms with van der Waals surface area (Å²) in [5, 5.41) is 10.7. The number of methoxy groups -OCH3 is 2. The van der Waals surface area contributed by atoms with Gasteiger partial charge in [0.15, 0.2) is 5.82 Å². The molecule has 2 saturated heterocycles. The third kappa shape index (κ3) is 8.59. The molecule has 0 saturated carbocycles. The number of piperazine rings is 1. The number of rotatable bonds is 11. The summed E-state index contributed by atoms with van der Waals surface area (Å²) < 4.78 is 24.4. The van der Waals surface area contributed by atoms with Crippen molar-refractivity contribution in [3.63, 3.8) is 0 Å². The van der Waals surface area contributed by atoms with Gasteiger partial charge in [-0.1, -0.05) is 35.9 Å². The summed E-state index contributed by atoms with van der Waals surface area (Å²) >= 11 is 6.54. The van der Waals surface area contributed by atoms with Crippen molar-refractivity contribution in [1.82, 2.24) is 19.8 Å². The molecule has 3 heterocycles. The first-order valence-electron chi connectivity index (χ1n) is 17.1. The largest absolute Gasteiger partial charge is 0.496 e. The predicted molar refractivity (Wildman–Crippen MR) is 207 cm³/mol. The van der Waals surface area contributed by atoms with E-state index < -0.39 is 7.14 Å². The van der Waals surface area contributed by atoms with Crippen LogP contribution >= 0.6 is 18.7 Å². The molecule has 1 amide bonds. The molecule has 3 aromatic carbocycles. The third-order valence-corrected chi connectivity index (χ3v) is 11.3. The molecule has 0 radical (unpaired) electrons. The lowest BCUT2D eigenvalue weighted by Gasteiger charge is -2.43. The Kier molecular flexibility index (Phi) is 11.4. The van der Waals surface area contributed by atoms with E-state index >= 15 is 0 Å². The van der Waals surface area contributed by atoms with Crippen molar-refractivity contribution in [3.05, 3.63) is 77.4 Å². The van der Waals surface area contributed by atoms with E-state index in [1.165, 1.54) is 6.20 Å². The van der Waals surface area contributed by atoms with Gasteiger partial charge in [0.05, 0.1) is 48.7 Å². The normalized spacial score (nSPS) is 16.1. The topological polar surface area (TPSA) is 124 Å². The maximum atomic E-state index is 13.8. The highest BCUT2D eigenvalue weighted by molar-refractivity contribution is 7.70. The van der Waals surface area contributed by atoms with Gasteiger partial charge in [-0.05, 0) is 63.6 Å². The summed E-state index contributed by atoms with van der Waals surface area (Å²) in [6.07, 6.45) is 3.54. The van der Waals surface area contributed by atoms with Crippen LogP contribution in [0.1, 0.15) is 23.2 Å². The number of benzene rings is 3. The standard InChI is InChI=1S/C37H46ClN8O4P/c1-44-18-20-45(21-19-44)25-14-16-46(17-15-25)31-23-33(50-3)30(22-29(31)41-36(47)26-10-6-8-12-32(26)49-2)42-37-39-24-27(38)35(43-37)40-28-11-7-9-13-34(28)51(4,5)48/h6-13,22-25H,14-21H2,1-5H3,(H,41,47)(H2,39,40,42,43). The van der Waals surface area contributed by atoms with Crippen LogP contribution in [0.2, 0.25) is 5.02 Å². The molecule has 6 rings (SSSR count). The Labute approximate surface area is 304 Å². The number of nitrogens with zero attached hydrogens (tertiary/aromatic N) is 5. The van der Waals surface area contributed by atoms with E-state index in [-0.39, 0.29) is 11.9 Å². The molecule has 12 nitrogen and oxygen atoms in total. The first kappa shape index (κ1) is 36.4. The lowest BCUT2D eigenvalue weighted by Crippen LogP contribution is -2.52. The molecule has 270 valence electrons. The van der Waals surface area contributed by atoms with Crippen LogP contribution in [0.5, 0.6) is 11.5 Å². The highest BCUT2D eigenvalue weighted by Crippen LogP contribution is 2.41. The summed E-state index contributed by atoms with van der Waals surface area (Å²) in [5.41, 5.74) is 3.08. The van der Waals surface area contributed by atoms with Gasteiger partial charge in [-0.15, -0.1) is 0 Å². The molecule has 0 atom stereocenters. The van der Waals surface area contributed by atoms with Crippen molar-refractivity contribution in [2.45, 2.75) is 18.9 Å². The fourth-order valence-electron chi connectivity index (χ4n) is 6.69. The zero-order valence-electron chi connectivity index (χ0n) is 29.8. The van der Waals surface area contributed by atoms with Gasteiger partial charge in [0.1, 0.15) is 23.7 Å². The highest BCUT2D eigenvalue weighted by Gasteiger charge is 2.29. The molecular weight excluding hydrogens is 687 g/mol. The van der Waals surface area contributed by atoms with Crippen molar-refractivity contribution >= 4 is 64.5 Å². The van der Waals surface area contributed by atoms with Crippen LogP contribution in [0.3, 0.4) is 0 Å². The van der Waals surface area contributed by atoms with Crippen LogP contribution in [0, 0.1) is 0 Å². The number of hydrogen-bond acceptors (Lipinski definition) is 11. The minimum atomic E-state index is -2.59. The summed E-state index contributed by atoms with van der Waals surface area (Å²) in [4.78, 5) is 30.2. The van der Waals surface area contributed by atoms with Crippen LogP contribution < -0.4 is 35.6 Å². The predicted octanol–water partition coefficient (Wildman–Crippen LogP) is 6.35. The van der Waals surface area contributed by atoms with Gasteiger partial charge in [-0.2, -0.15) is 4.98 Å². The van der Waals surface area contributed by atoms with Crippen LogP contribution in [-0.2, 0) is 4.57 Å². The smallest absolute Gasteiger partial charge is 0.259 e. The number of piperidine rings is 1. The third-order valence-electron chi connectivity index (χ3n) is 9.50. The minimum absolute atomic E-state index is 0.247. The summed E-state index contributed by atoms with van der Waals surface area (Å²) in [7, 11) is 2.75. The van der Waals surface area contributed by atoms with Crippen LogP contribution in [0.15, 0.2) is 66.9 Å². The molecule has 0 bridgehead atoms. The quantitative estimate of drug-likeness (QED) is 0.150. The number of amides is 1. The summed E-state index contributed by atoms with van der Waals surface area (Å²) in [5.74, 6) is 1.33. The van der Waals surface area contributed by atoms with Crippen LogP contribution in [0.25, 0.3) is 0 Å². The SMILES string of the molecule is COc1cc(N2CCC(N3CCN(C)CC3)CC2)c(NC(=O)c2ccccc2OC)cc1Nc1ncc(Cl)c(Nc2ccccc2P(C)(C)=O)n1. The minimum Gasteiger partial charge on any atom is -0.496 e. The number of halogens is 1. The molecule has 2 fully saturated rings. The van der Waals surface area contributed by atoms with E-state index in [9.17, 15) is 9.36 Å². The molecule has 4 aromatic rings. The van der Waals surface area contributed by atoms with E-state index in [4.69, 9.17) is 21.1 Å². The first-order chi connectivity index (χ1) is 24.5. The Bertz CT molecular complexity index is 1910. The van der Waals surface area contributed by atoms with E-state index in [1.54, 1.807) is 39.7 Å². The molecular formula is C37H46ClN8O4P. The number of likely N-dealkylation sites (N-methyl/N-ethyl adjacent to an activating group) is 1. The molecule has 0 spiro atoms. The molecule has 1 aromatic heterocycles. The first-order valence-corrected chi connectivity index (χ1v) is 20.1. The number of carbonyl (C=O) groups is 1. The average molecular weight is 733 g/mol. The molecule has 2 aliphatic rings. The zero-order valence-corrected chi connectivity index (χ0v) is 31.4. The number of hydrogen-bond donors (Lipinski definition) is 3. The maximum absolute atomic E-state index is 13.8. The van der Waals surface area contributed by atoms with E-state index in [1.807, 2.05) is 48.5 Å². The number of aromatic nitrogens is 2. The van der Waals surface area contributed by atoms with Crippen LogP contribution in [-0.4, -0.2) is 106 Å². The van der Waals surface area contributed by atoms with E-state index in [0.717, 1.165) is 57.8 Å². The fraction of sp³-hybridized carbons (Fsp3) is 0.378. The average Bonchev–Trinajstić information content (AvgIpc) is 3.13. The van der Waals surface area contributed by atoms with E-state index in [0.29, 0.717) is 56.3 Å². The Morgan fingerprint density at radius 2 is 1.55 bits per heavy atom. The van der Waals surface area contributed by atoms with Crippen molar-refractivity contribution in [3.8, 4) is 11.5 Å². The fourth-order valence-corrected chi connectivity index (χ4v) is 7.98. The monoisotopic (exact) mass is 732 g/mol. The lowest BCUT2D eigenvalue weighted by molar-refractivity contribution is 0.0981.